The predicted molar refractivity (Wildman–Crippen MR) is 138 cm³/mol. The van der Waals surface area contributed by atoms with Gasteiger partial charge in [0.05, 0.1) is 18.9 Å². The number of benzene rings is 3. The third kappa shape index (κ3) is 9.60. The van der Waals surface area contributed by atoms with Crippen molar-refractivity contribution in [2.45, 2.75) is 37.8 Å². The van der Waals surface area contributed by atoms with Crippen LogP contribution in [-0.4, -0.2) is 47.6 Å². The SMILES string of the molecule is O=C(O)CCC(=O)OC[C@H](Cc1ccccc1)NC(=O)[C@H](Cc1ccccc1)NC(=O)c1ccccc1. The number of carboxylic acid groups (broad SMARTS) is 1. The second-order valence-corrected chi connectivity index (χ2v) is 8.55. The molecule has 3 N–H and O–H groups in total. The van der Waals surface area contributed by atoms with E-state index < -0.39 is 29.9 Å². The molecule has 0 heterocycles. The molecule has 8 nitrogen and oxygen atoms in total. The molecule has 0 saturated carbocycles. The Labute approximate surface area is 215 Å². The number of amides is 2. The molecule has 0 aromatic heterocycles. The molecule has 37 heavy (non-hydrogen) atoms. The fourth-order valence-corrected chi connectivity index (χ4v) is 3.72. The monoisotopic (exact) mass is 502 g/mol. The second kappa shape index (κ2) is 14.2. The third-order valence-electron chi connectivity index (χ3n) is 5.60. The molecule has 0 saturated heterocycles. The minimum atomic E-state index is -1.09. The van der Waals surface area contributed by atoms with Gasteiger partial charge in [-0.05, 0) is 29.7 Å². The van der Waals surface area contributed by atoms with Crippen molar-refractivity contribution >= 4 is 23.8 Å². The van der Waals surface area contributed by atoms with E-state index in [1.807, 2.05) is 60.7 Å². The van der Waals surface area contributed by atoms with E-state index in [1.54, 1.807) is 30.3 Å². The number of carboxylic acids is 1. The van der Waals surface area contributed by atoms with Gasteiger partial charge < -0.3 is 20.5 Å². The van der Waals surface area contributed by atoms with Crippen molar-refractivity contribution in [3.05, 3.63) is 108 Å². The van der Waals surface area contributed by atoms with Crippen molar-refractivity contribution in [3.8, 4) is 0 Å². The highest BCUT2D eigenvalue weighted by molar-refractivity contribution is 5.97. The summed E-state index contributed by atoms with van der Waals surface area (Å²) in [6.45, 7) is -0.135. The van der Waals surface area contributed by atoms with Gasteiger partial charge in [0.2, 0.25) is 5.91 Å². The van der Waals surface area contributed by atoms with Gasteiger partial charge in [0, 0.05) is 12.0 Å². The van der Waals surface area contributed by atoms with Gasteiger partial charge in [0.15, 0.2) is 0 Å². The minimum absolute atomic E-state index is 0.135. The first-order valence-corrected chi connectivity index (χ1v) is 12.0. The zero-order chi connectivity index (χ0) is 26.5. The lowest BCUT2D eigenvalue weighted by Gasteiger charge is -2.24. The number of aliphatic carboxylic acids is 1. The van der Waals surface area contributed by atoms with Crippen LogP contribution in [0.15, 0.2) is 91.0 Å². The zero-order valence-electron chi connectivity index (χ0n) is 20.3. The van der Waals surface area contributed by atoms with Gasteiger partial charge in [-0.3, -0.25) is 19.2 Å². The Morgan fingerprint density at radius 1 is 0.703 bits per heavy atom. The van der Waals surface area contributed by atoms with E-state index in [0.717, 1.165) is 11.1 Å². The maximum Gasteiger partial charge on any atom is 0.306 e. The van der Waals surface area contributed by atoms with Crippen molar-refractivity contribution in [1.82, 2.24) is 10.6 Å². The summed E-state index contributed by atoms with van der Waals surface area (Å²) in [5, 5.41) is 14.5. The molecule has 192 valence electrons. The van der Waals surface area contributed by atoms with Crippen molar-refractivity contribution in [1.29, 1.82) is 0 Å². The third-order valence-corrected chi connectivity index (χ3v) is 5.60. The average Bonchev–Trinajstić information content (AvgIpc) is 2.91. The largest absolute Gasteiger partial charge is 0.481 e. The van der Waals surface area contributed by atoms with E-state index in [-0.39, 0.29) is 31.8 Å². The van der Waals surface area contributed by atoms with Crippen LogP contribution >= 0.6 is 0 Å². The first kappa shape index (κ1) is 27.1. The molecule has 2 amide bonds. The fourth-order valence-electron chi connectivity index (χ4n) is 3.72. The fraction of sp³-hybridized carbons (Fsp3) is 0.241. The first-order valence-electron chi connectivity index (χ1n) is 12.0. The quantitative estimate of drug-likeness (QED) is 0.309. The van der Waals surface area contributed by atoms with Gasteiger partial charge in [-0.25, -0.2) is 0 Å². The molecule has 0 aliphatic heterocycles. The Balaban J connectivity index is 1.74. The van der Waals surface area contributed by atoms with Gasteiger partial charge in [-0.2, -0.15) is 0 Å². The number of ether oxygens (including phenoxy) is 1. The smallest absolute Gasteiger partial charge is 0.306 e. The number of hydrogen-bond acceptors (Lipinski definition) is 5. The highest BCUT2D eigenvalue weighted by atomic mass is 16.5. The van der Waals surface area contributed by atoms with Crippen LogP contribution in [0.25, 0.3) is 0 Å². The van der Waals surface area contributed by atoms with Crippen LogP contribution in [0.5, 0.6) is 0 Å². The molecular weight excluding hydrogens is 472 g/mol. The summed E-state index contributed by atoms with van der Waals surface area (Å²) < 4.78 is 5.27. The lowest BCUT2D eigenvalue weighted by atomic mass is 10.0. The number of carbonyl (C=O) groups excluding carboxylic acids is 3. The topological polar surface area (TPSA) is 122 Å². The lowest BCUT2D eigenvalue weighted by Crippen LogP contribution is -2.52. The van der Waals surface area contributed by atoms with Gasteiger partial charge in [-0.15, -0.1) is 0 Å². The average molecular weight is 503 g/mol. The molecule has 0 fully saturated rings. The molecule has 0 aliphatic carbocycles. The van der Waals surface area contributed by atoms with E-state index in [2.05, 4.69) is 10.6 Å². The van der Waals surface area contributed by atoms with E-state index in [9.17, 15) is 19.2 Å². The summed E-state index contributed by atoms with van der Waals surface area (Å²) in [6.07, 6.45) is 0.0511. The molecule has 3 aromatic rings. The van der Waals surface area contributed by atoms with Gasteiger partial charge in [0.25, 0.3) is 5.91 Å². The Morgan fingerprint density at radius 2 is 1.24 bits per heavy atom. The van der Waals surface area contributed by atoms with Crippen molar-refractivity contribution in [2.75, 3.05) is 6.61 Å². The van der Waals surface area contributed by atoms with E-state index in [4.69, 9.17) is 9.84 Å². The first-order chi connectivity index (χ1) is 17.9. The summed E-state index contributed by atoms with van der Waals surface area (Å²) >= 11 is 0. The van der Waals surface area contributed by atoms with E-state index in [1.165, 1.54) is 0 Å². The summed E-state index contributed by atoms with van der Waals surface area (Å²) in [5.74, 6) is -2.55. The molecule has 0 aliphatic rings. The Morgan fingerprint density at radius 3 is 1.81 bits per heavy atom. The number of hydrogen-bond donors (Lipinski definition) is 3. The second-order valence-electron chi connectivity index (χ2n) is 8.55. The summed E-state index contributed by atoms with van der Waals surface area (Å²) in [7, 11) is 0. The van der Waals surface area contributed by atoms with Crippen LogP contribution in [0, 0.1) is 0 Å². The summed E-state index contributed by atoms with van der Waals surface area (Å²) in [6, 6.07) is 25.9. The maximum absolute atomic E-state index is 13.4. The van der Waals surface area contributed by atoms with Crippen LogP contribution in [-0.2, 0) is 32.0 Å². The number of carbonyl (C=O) groups is 4. The van der Waals surface area contributed by atoms with Crippen LogP contribution in [0.1, 0.15) is 34.3 Å². The Bertz CT molecular complexity index is 1170. The number of nitrogens with one attached hydrogen (secondary N) is 2. The van der Waals surface area contributed by atoms with Crippen LogP contribution in [0.3, 0.4) is 0 Å². The van der Waals surface area contributed by atoms with Crippen molar-refractivity contribution in [2.24, 2.45) is 0 Å². The van der Waals surface area contributed by atoms with Crippen molar-refractivity contribution in [3.63, 3.8) is 0 Å². The normalized spacial score (nSPS) is 12.1. The van der Waals surface area contributed by atoms with Crippen LogP contribution < -0.4 is 10.6 Å². The van der Waals surface area contributed by atoms with Gasteiger partial charge in [0.1, 0.15) is 12.6 Å². The predicted octanol–water partition coefficient (Wildman–Crippen LogP) is 3.16. The number of rotatable bonds is 13. The summed E-state index contributed by atoms with van der Waals surface area (Å²) in [4.78, 5) is 49.0. The Hall–Kier alpha value is -4.46. The van der Waals surface area contributed by atoms with E-state index >= 15 is 0 Å². The highest BCUT2D eigenvalue weighted by Crippen LogP contribution is 2.09. The zero-order valence-corrected chi connectivity index (χ0v) is 20.3. The molecular formula is C29H30N2O6. The van der Waals surface area contributed by atoms with Gasteiger partial charge in [-0.1, -0.05) is 78.9 Å². The molecule has 2 atom stereocenters. The highest BCUT2D eigenvalue weighted by Gasteiger charge is 2.25. The van der Waals surface area contributed by atoms with Gasteiger partial charge >= 0.3 is 11.9 Å². The number of esters is 1. The van der Waals surface area contributed by atoms with Crippen LogP contribution in [0.4, 0.5) is 0 Å². The van der Waals surface area contributed by atoms with Crippen molar-refractivity contribution < 1.29 is 29.0 Å². The molecule has 8 heteroatoms. The molecule has 0 bridgehead atoms. The molecule has 3 rings (SSSR count). The van der Waals surface area contributed by atoms with Crippen LogP contribution in [0.2, 0.25) is 0 Å². The summed E-state index contributed by atoms with van der Waals surface area (Å²) in [5.41, 5.74) is 2.22. The Kier molecular flexibility index (Phi) is 10.4. The molecule has 0 spiro atoms. The van der Waals surface area contributed by atoms with E-state index in [0.29, 0.717) is 12.0 Å². The lowest BCUT2D eigenvalue weighted by molar-refractivity contribution is -0.148. The molecule has 3 aromatic carbocycles. The molecule has 0 unspecified atom stereocenters. The minimum Gasteiger partial charge on any atom is -0.481 e. The molecule has 0 radical (unpaired) electrons. The maximum atomic E-state index is 13.4. The standard InChI is InChI=1S/C29H30N2O6/c32-26(33)16-17-27(34)37-20-24(18-21-10-4-1-5-11-21)30-29(36)25(19-22-12-6-2-7-13-22)31-28(35)23-14-8-3-9-15-23/h1-15,24-25H,16-20H2,(H,30,36)(H,31,35)(H,32,33)/t24-,25-/m0/s1.